The SMILES string of the molecule is Cc1cc(-c2ccc(Cl)cc2Cl)c(CN)c(-c2ccccc2)n1. The van der Waals surface area contributed by atoms with Crippen LogP contribution in [0.1, 0.15) is 11.3 Å². The van der Waals surface area contributed by atoms with E-state index in [0.717, 1.165) is 33.6 Å². The summed E-state index contributed by atoms with van der Waals surface area (Å²) >= 11 is 12.4. The fourth-order valence-corrected chi connectivity index (χ4v) is 3.20. The van der Waals surface area contributed by atoms with Crippen molar-refractivity contribution in [2.45, 2.75) is 13.5 Å². The molecule has 0 unspecified atom stereocenters. The molecule has 0 atom stereocenters. The molecule has 2 N–H and O–H groups in total. The van der Waals surface area contributed by atoms with Crippen molar-refractivity contribution in [3.63, 3.8) is 0 Å². The van der Waals surface area contributed by atoms with E-state index in [4.69, 9.17) is 33.9 Å². The quantitative estimate of drug-likeness (QED) is 0.683. The monoisotopic (exact) mass is 342 g/mol. The largest absolute Gasteiger partial charge is 0.326 e. The first-order valence-electron chi connectivity index (χ1n) is 7.31. The first-order valence-corrected chi connectivity index (χ1v) is 8.07. The van der Waals surface area contributed by atoms with E-state index in [2.05, 4.69) is 0 Å². The Labute approximate surface area is 145 Å². The maximum Gasteiger partial charge on any atom is 0.0756 e. The third-order valence-corrected chi connectivity index (χ3v) is 4.27. The Morgan fingerprint density at radius 1 is 0.957 bits per heavy atom. The van der Waals surface area contributed by atoms with Crippen LogP contribution in [0.4, 0.5) is 0 Å². The normalized spacial score (nSPS) is 10.8. The predicted molar refractivity (Wildman–Crippen MR) is 97.8 cm³/mol. The molecule has 0 saturated carbocycles. The number of halogens is 2. The van der Waals surface area contributed by atoms with E-state index in [-0.39, 0.29) is 0 Å². The molecular formula is C19H16Cl2N2. The molecule has 0 aliphatic heterocycles. The van der Waals surface area contributed by atoms with Crippen molar-refractivity contribution in [2.75, 3.05) is 0 Å². The van der Waals surface area contributed by atoms with Crippen molar-refractivity contribution in [1.82, 2.24) is 4.98 Å². The molecule has 0 amide bonds. The van der Waals surface area contributed by atoms with Crippen molar-refractivity contribution < 1.29 is 0 Å². The molecular weight excluding hydrogens is 327 g/mol. The average Bonchev–Trinajstić information content (AvgIpc) is 2.55. The van der Waals surface area contributed by atoms with Crippen molar-refractivity contribution in [3.05, 3.63) is 75.9 Å². The first-order chi connectivity index (χ1) is 11.1. The fraction of sp³-hybridized carbons (Fsp3) is 0.105. The maximum absolute atomic E-state index is 6.40. The second-order valence-corrected chi connectivity index (χ2v) is 6.18. The molecule has 23 heavy (non-hydrogen) atoms. The van der Waals surface area contributed by atoms with Crippen LogP contribution in [0.25, 0.3) is 22.4 Å². The van der Waals surface area contributed by atoms with Gasteiger partial charge in [-0.25, -0.2) is 0 Å². The van der Waals surface area contributed by atoms with Crippen LogP contribution in [0.3, 0.4) is 0 Å². The Morgan fingerprint density at radius 3 is 2.35 bits per heavy atom. The number of nitrogens with two attached hydrogens (primary N) is 1. The molecule has 0 aliphatic carbocycles. The summed E-state index contributed by atoms with van der Waals surface area (Å²) in [5.74, 6) is 0. The number of rotatable bonds is 3. The zero-order valence-corrected chi connectivity index (χ0v) is 14.2. The van der Waals surface area contributed by atoms with Gasteiger partial charge in [0, 0.05) is 33.4 Å². The molecule has 2 nitrogen and oxygen atoms in total. The van der Waals surface area contributed by atoms with Gasteiger partial charge in [0.1, 0.15) is 0 Å². The third kappa shape index (κ3) is 3.25. The minimum absolute atomic E-state index is 0.381. The van der Waals surface area contributed by atoms with E-state index in [9.17, 15) is 0 Å². The Hall–Kier alpha value is -1.87. The summed E-state index contributed by atoms with van der Waals surface area (Å²) in [7, 11) is 0. The van der Waals surface area contributed by atoms with Gasteiger partial charge in [-0.2, -0.15) is 0 Å². The summed E-state index contributed by atoms with van der Waals surface area (Å²) in [5, 5.41) is 1.22. The molecule has 1 heterocycles. The van der Waals surface area contributed by atoms with Crippen molar-refractivity contribution in [1.29, 1.82) is 0 Å². The molecule has 0 spiro atoms. The lowest BCUT2D eigenvalue weighted by atomic mass is 9.95. The Balaban J connectivity index is 2.27. The van der Waals surface area contributed by atoms with Crippen LogP contribution in [-0.4, -0.2) is 4.98 Å². The Bertz CT molecular complexity index is 845. The van der Waals surface area contributed by atoms with E-state index in [1.807, 2.05) is 55.5 Å². The van der Waals surface area contributed by atoms with Crippen molar-refractivity contribution in [2.24, 2.45) is 5.73 Å². The molecule has 0 aliphatic rings. The van der Waals surface area contributed by atoms with Gasteiger partial charge in [-0.05, 0) is 36.2 Å². The molecule has 1 aromatic heterocycles. The molecule has 3 rings (SSSR count). The second-order valence-electron chi connectivity index (χ2n) is 5.33. The van der Waals surface area contributed by atoms with Gasteiger partial charge in [0.05, 0.1) is 5.69 Å². The molecule has 3 aromatic rings. The summed E-state index contributed by atoms with van der Waals surface area (Å²) < 4.78 is 0. The summed E-state index contributed by atoms with van der Waals surface area (Å²) in [5.41, 5.74) is 11.8. The highest BCUT2D eigenvalue weighted by Crippen LogP contribution is 2.36. The zero-order valence-electron chi connectivity index (χ0n) is 12.7. The topological polar surface area (TPSA) is 38.9 Å². The minimum Gasteiger partial charge on any atom is -0.326 e. The lowest BCUT2D eigenvalue weighted by Crippen LogP contribution is -2.05. The smallest absolute Gasteiger partial charge is 0.0756 e. The van der Waals surface area contributed by atoms with E-state index in [0.29, 0.717) is 16.6 Å². The van der Waals surface area contributed by atoms with E-state index in [1.54, 1.807) is 6.07 Å². The Morgan fingerprint density at radius 2 is 1.70 bits per heavy atom. The van der Waals surface area contributed by atoms with Gasteiger partial charge in [-0.3, -0.25) is 4.98 Å². The lowest BCUT2D eigenvalue weighted by Gasteiger charge is -2.16. The van der Waals surface area contributed by atoms with Crippen LogP contribution in [0.2, 0.25) is 10.0 Å². The maximum atomic E-state index is 6.40. The van der Waals surface area contributed by atoms with Gasteiger partial charge in [0.2, 0.25) is 0 Å². The third-order valence-electron chi connectivity index (χ3n) is 3.73. The molecule has 0 radical (unpaired) electrons. The number of aryl methyl sites for hydroxylation is 1. The van der Waals surface area contributed by atoms with Crippen molar-refractivity contribution >= 4 is 23.2 Å². The van der Waals surface area contributed by atoms with Gasteiger partial charge < -0.3 is 5.73 Å². The van der Waals surface area contributed by atoms with Gasteiger partial charge in [-0.1, -0.05) is 59.6 Å². The van der Waals surface area contributed by atoms with Crippen LogP contribution in [0, 0.1) is 6.92 Å². The highest BCUT2D eigenvalue weighted by Gasteiger charge is 2.15. The summed E-state index contributed by atoms with van der Waals surface area (Å²) in [4.78, 5) is 4.70. The van der Waals surface area contributed by atoms with Gasteiger partial charge in [-0.15, -0.1) is 0 Å². The molecule has 116 valence electrons. The van der Waals surface area contributed by atoms with E-state index >= 15 is 0 Å². The number of nitrogens with zero attached hydrogens (tertiary/aromatic N) is 1. The van der Waals surface area contributed by atoms with Gasteiger partial charge >= 0.3 is 0 Å². The van der Waals surface area contributed by atoms with Crippen molar-refractivity contribution in [3.8, 4) is 22.4 Å². The summed E-state index contributed by atoms with van der Waals surface area (Å²) in [6.45, 7) is 2.35. The highest BCUT2D eigenvalue weighted by molar-refractivity contribution is 6.36. The minimum atomic E-state index is 0.381. The molecule has 4 heteroatoms. The zero-order chi connectivity index (χ0) is 16.4. The number of pyridine rings is 1. The molecule has 0 fully saturated rings. The van der Waals surface area contributed by atoms with Crippen LogP contribution in [-0.2, 0) is 6.54 Å². The van der Waals surface area contributed by atoms with E-state index in [1.165, 1.54) is 0 Å². The van der Waals surface area contributed by atoms with Gasteiger partial charge in [0.25, 0.3) is 0 Å². The standard InChI is InChI=1S/C19H16Cl2N2/c1-12-9-16(15-8-7-14(20)10-18(15)21)17(11-22)19(23-12)13-5-3-2-4-6-13/h2-10H,11,22H2,1H3. The number of hydrogen-bond donors (Lipinski definition) is 1. The summed E-state index contributed by atoms with van der Waals surface area (Å²) in [6.07, 6.45) is 0. The van der Waals surface area contributed by atoms with Gasteiger partial charge in [0.15, 0.2) is 0 Å². The average molecular weight is 343 g/mol. The molecule has 0 saturated heterocycles. The fourth-order valence-electron chi connectivity index (χ4n) is 2.69. The number of benzene rings is 2. The Kier molecular flexibility index (Phi) is 4.67. The lowest BCUT2D eigenvalue weighted by molar-refractivity contribution is 1.04. The highest BCUT2D eigenvalue weighted by atomic mass is 35.5. The van der Waals surface area contributed by atoms with Crippen LogP contribution >= 0.6 is 23.2 Å². The van der Waals surface area contributed by atoms with E-state index < -0.39 is 0 Å². The molecule has 0 bridgehead atoms. The van der Waals surface area contributed by atoms with Crippen LogP contribution in [0.15, 0.2) is 54.6 Å². The molecule has 2 aromatic carbocycles. The number of aromatic nitrogens is 1. The van der Waals surface area contributed by atoms with Crippen LogP contribution in [0.5, 0.6) is 0 Å². The predicted octanol–water partition coefficient (Wildman–Crippen LogP) is 5.49. The first kappa shape index (κ1) is 16.0. The van der Waals surface area contributed by atoms with Crippen LogP contribution < -0.4 is 5.73 Å². The second kappa shape index (κ2) is 6.71. The summed E-state index contributed by atoms with van der Waals surface area (Å²) in [6, 6.07) is 17.6. The number of hydrogen-bond acceptors (Lipinski definition) is 2.